The molecule has 2 aromatic carbocycles. The lowest BCUT2D eigenvalue weighted by molar-refractivity contribution is 0.631. The lowest BCUT2D eigenvalue weighted by Crippen LogP contribution is -1.94. The molecule has 0 radical (unpaired) electrons. The van der Waals surface area contributed by atoms with Crippen LogP contribution in [0.3, 0.4) is 0 Å². The van der Waals surface area contributed by atoms with Crippen LogP contribution < -0.4 is 5.32 Å². The zero-order valence-electron chi connectivity index (χ0n) is 8.88. The second kappa shape index (κ2) is 5.39. The molecule has 0 aliphatic rings. The minimum atomic E-state index is -0.311. The van der Waals surface area contributed by atoms with Gasteiger partial charge in [-0.05, 0) is 42.0 Å². The van der Waals surface area contributed by atoms with E-state index in [1.807, 2.05) is 0 Å². The van der Waals surface area contributed by atoms with Crippen molar-refractivity contribution < 1.29 is 4.39 Å². The van der Waals surface area contributed by atoms with E-state index in [2.05, 4.69) is 5.32 Å². The summed E-state index contributed by atoms with van der Waals surface area (Å²) in [5, 5.41) is 3.63. The third-order valence-electron chi connectivity index (χ3n) is 2.31. The number of rotatable bonds is 3. The Morgan fingerprint density at radius 3 is 2.41 bits per heavy atom. The molecule has 0 aromatic heterocycles. The number of hydrogen-bond acceptors (Lipinski definition) is 1. The lowest BCUT2D eigenvalue weighted by atomic mass is 10.2. The molecule has 88 valence electrons. The second-order valence-corrected chi connectivity index (χ2v) is 4.28. The highest BCUT2D eigenvalue weighted by atomic mass is 35.5. The van der Waals surface area contributed by atoms with E-state index in [0.29, 0.717) is 16.6 Å². The Hall–Kier alpha value is -1.25. The number of nitrogens with one attached hydrogen (secondary N) is 1. The van der Waals surface area contributed by atoms with Crippen molar-refractivity contribution in [2.24, 2.45) is 0 Å². The smallest absolute Gasteiger partial charge is 0.146 e. The van der Waals surface area contributed by atoms with Crippen LogP contribution in [-0.2, 0) is 5.88 Å². The van der Waals surface area contributed by atoms with Crippen LogP contribution in [0.4, 0.5) is 15.8 Å². The van der Waals surface area contributed by atoms with Gasteiger partial charge in [0.15, 0.2) is 0 Å². The molecular weight excluding hydrogens is 260 g/mol. The summed E-state index contributed by atoms with van der Waals surface area (Å²) in [6.07, 6.45) is 0. The van der Waals surface area contributed by atoms with Gasteiger partial charge in [-0.2, -0.15) is 0 Å². The Labute approximate surface area is 109 Å². The summed E-state index contributed by atoms with van der Waals surface area (Å²) in [7, 11) is 0. The van der Waals surface area contributed by atoms with Gasteiger partial charge >= 0.3 is 0 Å². The highest BCUT2D eigenvalue weighted by Gasteiger charge is 2.03. The van der Waals surface area contributed by atoms with E-state index in [-0.39, 0.29) is 5.82 Å². The number of anilines is 2. The summed E-state index contributed by atoms with van der Waals surface area (Å²) < 4.78 is 13.5. The summed E-state index contributed by atoms with van der Waals surface area (Å²) in [5.41, 5.74) is 2.05. The molecule has 4 heteroatoms. The maximum absolute atomic E-state index is 13.5. The molecule has 1 N–H and O–H groups in total. The molecule has 0 aliphatic carbocycles. The van der Waals surface area contributed by atoms with Crippen LogP contribution in [0.1, 0.15) is 5.56 Å². The molecule has 1 nitrogen and oxygen atoms in total. The minimum absolute atomic E-state index is 0.311. The molecule has 0 aliphatic heterocycles. The molecule has 0 fully saturated rings. The van der Waals surface area contributed by atoms with Crippen molar-refractivity contribution in [3.8, 4) is 0 Å². The summed E-state index contributed by atoms with van der Waals surface area (Å²) in [5.74, 6) is 0.0454. The van der Waals surface area contributed by atoms with Crippen LogP contribution in [0.2, 0.25) is 5.02 Å². The number of hydrogen-bond donors (Lipinski definition) is 1. The molecule has 0 heterocycles. The Bertz CT molecular complexity index is 511. The van der Waals surface area contributed by atoms with Gasteiger partial charge in [-0.15, -0.1) is 11.6 Å². The van der Waals surface area contributed by atoms with Gasteiger partial charge in [0.2, 0.25) is 0 Å². The van der Waals surface area contributed by atoms with E-state index in [1.165, 1.54) is 6.07 Å². The number of halogens is 3. The van der Waals surface area contributed by atoms with Crippen LogP contribution in [0, 0.1) is 5.82 Å². The van der Waals surface area contributed by atoms with Gasteiger partial charge in [-0.3, -0.25) is 0 Å². The van der Waals surface area contributed by atoms with Crippen LogP contribution in [-0.4, -0.2) is 0 Å². The topological polar surface area (TPSA) is 12.0 Å². The van der Waals surface area contributed by atoms with Crippen LogP contribution in [0.25, 0.3) is 0 Å². The van der Waals surface area contributed by atoms with Crippen molar-refractivity contribution >= 4 is 34.6 Å². The average molecular weight is 270 g/mol. The van der Waals surface area contributed by atoms with E-state index >= 15 is 0 Å². The Kier molecular flexibility index (Phi) is 3.87. The molecule has 0 amide bonds. The first-order valence-corrected chi connectivity index (χ1v) is 5.97. The molecule has 0 saturated heterocycles. The number of alkyl halides is 1. The van der Waals surface area contributed by atoms with Crippen LogP contribution in [0.15, 0.2) is 42.5 Å². The fourth-order valence-corrected chi connectivity index (χ4v) is 1.73. The van der Waals surface area contributed by atoms with Crippen molar-refractivity contribution in [1.29, 1.82) is 0 Å². The molecule has 0 atom stereocenters. The van der Waals surface area contributed by atoms with Crippen LogP contribution in [0.5, 0.6) is 0 Å². The second-order valence-electron chi connectivity index (χ2n) is 3.58. The summed E-state index contributed by atoms with van der Waals surface area (Å²) >= 11 is 11.5. The van der Waals surface area contributed by atoms with Gasteiger partial charge in [-0.25, -0.2) is 4.39 Å². The third kappa shape index (κ3) is 3.11. The minimum Gasteiger partial charge on any atom is -0.353 e. The first kappa shape index (κ1) is 12.2. The van der Waals surface area contributed by atoms with E-state index < -0.39 is 0 Å². The summed E-state index contributed by atoms with van der Waals surface area (Å²) in [6.45, 7) is 0. The monoisotopic (exact) mass is 269 g/mol. The van der Waals surface area contributed by atoms with Gasteiger partial charge < -0.3 is 5.32 Å². The molecule has 2 rings (SSSR count). The largest absolute Gasteiger partial charge is 0.353 e. The van der Waals surface area contributed by atoms with Gasteiger partial charge in [0.1, 0.15) is 5.82 Å². The zero-order valence-corrected chi connectivity index (χ0v) is 10.4. The van der Waals surface area contributed by atoms with Gasteiger partial charge in [0.25, 0.3) is 0 Å². The summed E-state index contributed by atoms with van der Waals surface area (Å²) in [4.78, 5) is 0. The molecule has 0 bridgehead atoms. The van der Waals surface area contributed by atoms with Gasteiger partial charge in [0, 0.05) is 16.6 Å². The quantitative estimate of drug-likeness (QED) is 0.777. The van der Waals surface area contributed by atoms with Crippen LogP contribution >= 0.6 is 23.2 Å². The SMILES string of the molecule is Fc1ccc(CCl)cc1Nc1ccc(Cl)cc1. The Morgan fingerprint density at radius 1 is 1.06 bits per heavy atom. The van der Waals surface area contributed by atoms with Gasteiger partial charge in [-0.1, -0.05) is 17.7 Å². The zero-order chi connectivity index (χ0) is 12.3. The maximum atomic E-state index is 13.5. The molecule has 0 spiro atoms. The first-order chi connectivity index (χ1) is 8.19. The van der Waals surface area contributed by atoms with Crippen molar-refractivity contribution in [2.75, 3.05) is 5.32 Å². The first-order valence-electron chi connectivity index (χ1n) is 5.06. The molecule has 0 unspecified atom stereocenters. The Balaban J connectivity index is 2.25. The van der Waals surface area contributed by atoms with Crippen molar-refractivity contribution in [1.82, 2.24) is 0 Å². The average Bonchev–Trinajstić information content (AvgIpc) is 2.35. The molecule has 17 heavy (non-hydrogen) atoms. The van der Waals surface area contributed by atoms with Gasteiger partial charge in [0.05, 0.1) is 5.69 Å². The molecular formula is C13H10Cl2FN. The van der Waals surface area contributed by atoms with Crippen molar-refractivity contribution in [3.05, 3.63) is 58.9 Å². The highest BCUT2D eigenvalue weighted by Crippen LogP contribution is 2.23. The normalized spacial score (nSPS) is 10.3. The van der Waals surface area contributed by atoms with E-state index in [0.717, 1.165) is 11.3 Å². The molecule has 0 saturated carbocycles. The van der Waals surface area contributed by atoms with E-state index in [4.69, 9.17) is 23.2 Å². The number of benzene rings is 2. The fraction of sp³-hybridized carbons (Fsp3) is 0.0769. The third-order valence-corrected chi connectivity index (χ3v) is 2.87. The van der Waals surface area contributed by atoms with Crippen molar-refractivity contribution in [2.45, 2.75) is 5.88 Å². The fourth-order valence-electron chi connectivity index (χ4n) is 1.44. The lowest BCUT2D eigenvalue weighted by Gasteiger charge is -2.08. The standard InChI is InChI=1S/C13H10Cl2FN/c14-8-9-1-6-12(16)13(7-9)17-11-4-2-10(15)3-5-11/h1-7,17H,8H2. The van der Waals surface area contributed by atoms with E-state index in [1.54, 1.807) is 36.4 Å². The predicted octanol–water partition coefficient (Wildman–Crippen LogP) is 4.96. The molecule has 2 aromatic rings. The highest BCUT2D eigenvalue weighted by molar-refractivity contribution is 6.30. The summed E-state index contributed by atoms with van der Waals surface area (Å²) in [6, 6.07) is 11.8. The van der Waals surface area contributed by atoms with Crippen molar-refractivity contribution in [3.63, 3.8) is 0 Å². The Morgan fingerprint density at radius 2 is 1.76 bits per heavy atom. The maximum Gasteiger partial charge on any atom is 0.146 e. The van der Waals surface area contributed by atoms with E-state index in [9.17, 15) is 4.39 Å². The predicted molar refractivity (Wildman–Crippen MR) is 70.7 cm³/mol.